The van der Waals surface area contributed by atoms with Gasteiger partial charge in [-0.3, -0.25) is 4.79 Å². The number of carbonyl (C=O) groups excluding carboxylic acids is 1. The molecule has 0 radical (unpaired) electrons. The molecule has 3 rings (SSSR count). The van der Waals surface area contributed by atoms with Gasteiger partial charge in [0.2, 0.25) is 0 Å². The molecule has 7 heteroatoms. The SMILES string of the molecule is CC(=O)c1cnn(-c2cc(N3CCN(C)CC3)nc(C)n2)c1C. The van der Waals surface area contributed by atoms with Gasteiger partial charge in [0, 0.05) is 32.2 Å². The summed E-state index contributed by atoms with van der Waals surface area (Å²) < 4.78 is 1.71. The molecule has 23 heavy (non-hydrogen) atoms. The van der Waals surface area contributed by atoms with Crippen molar-refractivity contribution in [2.75, 3.05) is 38.1 Å². The van der Waals surface area contributed by atoms with Crippen molar-refractivity contribution in [2.45, 2.75) is 20.8 Å². The Hall–Kier alpha value is -2.28. The number of carbonyl (C=O) groups is 1. The van der Waals surface area contributed by atoms with E-state index < -0.39 is 0 Å². The first kappa shape index (κ1) is 15.6. The van der Waals surface area contributed by atoms with Crippen LogP contribution in [0.2, 0.25) is 0 Å². The Bertz CT molecular complexity index is 730. The molecule has 0 bridgehead atoms. The summed E-state index contributed by atoms with van der Waals surface area (Å²) in [5, 5.41) is 4.33. The number of piperazine rings is 1. The van der Waals surface area contributed by atoms with Crippen LogP contribution in [0.25, 0.3) is 5.82 Å². The maximum atomic E-state index is 11.6. The Morgan fingerprint density at radius 3 is 2.35 bits per heavy atom. The van der Waals surface area contributed by atoms with Gasteiger partial charge in [-0.25, -0.2) is 14.6 Å². The zero-order chi connectivity index (χ0) is 16.6. The van der Waals surface area contributed by atoms with Crippen LogP contribution >= 0.6 is 0 Å². The summed E-state index contributed by atoms with van der Waals surface area (Å²) >= 11 is 0. The largest absolute Gasteiger partial charge is 0.354 e. The highest BCUT2D eigenvalue weighted by Gasteiger charge is 2.18. The van der Waals surface area contributed by atoms with Gasteiger partial charge < -0.3 is 9.80 Å². The van der Waals surface area contributed by atoms with Gasteiger partial charge in [-0.05, 0) is 27.8 Å². The summed E-state index contributed by atoms with van der Waals surface area (Å²) in [7, 11) is 2.13. The van der Waals surface area contributed by atoms with Crippen LogP contribution < -0.4 is 4.90 Å². The third-order valence-electron chi connectivity index (χ3n) is 4.24. The minimum atomic E-state index is 0.0128. The summed E-state index contributed by atoms with van der Waals surface area (Å²) in [6, 6.07) is 1.95. The second kappa shape index (κ2) is 6.08. The summed E-state index contributed by atoms with van der Waals surface area (Å²) in [5.41, 5.74) is 1.43. The van der Waals surface area contributed by atoms with Gasteiger partial charge in [-0.1, -0.05) is 0 Å². The smallest absolute Gasteiger partial charge is 0.163 e. The van der Waals surface area contributed by atoms with Crippen LogP contribution in [0.4, 0.5) is 5.82 Å². The second-order valence-corrected chi connectivity index (χ2v) is 6.03. The van der Waals surface area contributed by atoms with E-state index in [0.29, 0.717) is 17.2 Å². The lowest BCUT2D eigenvalue weighted by Crippen LogP contribution is -2.45. The number of anilines is 1. The molecule has 0 N–H and O–H groups in total. The van der Waals surface area contributed by atoms with Crippen LogP contribution in [0, 0.1) is 13.8 Å². The highest BCUT2D eigenvalue weighted by atomic mass is 16.1. The number of rotatable bonds is 3. The van der Waals surface area contributed by atoms with Crippen molar-refractivity contribution in [3.8, 4) is 5.82 Å². The fraction of sp³-hybridized carbons (Fsp3) is 0.500. The van der Waals surface area contributed by atoms with Crippen molar-refractivity contribution < 1.29 is 4.79 Å². The molecule has 7 nitrogen and oxygen atoms in total. The van der Waals surface area contributed by atoms with E-state index in [-0.39, 0.29) is 5.78 Å². The molecule has 122 valence electrons. The molecule has 0 spiro atoms. The standard InChI is InChI=1S/C16H22N6O/c1-11-14(12(2)23)10-17-22(11)16-9-15(18-13(3)19-16)21-7-5-20(4)6-8-21/h9-10H,5-8H2,1-4H3. The molecule has 0 atom stereocenters. The van der Waals surface area contributed by atoms with Crippen molar-refractivity contribution >= 4 is 11.6 Å². The van der Waals surface area contributed by atoms with Crippen molar-refractivity contribution in [1.82, 2.24) is 24.6 Å². The summed E-state index contributed by atoms with van der Waals surface area (Å²) in [5.74, 6) is 2.34. The van der Waals surface area contributed by atoms with Crippen LogP contribution in [0.3, 0.4) is 0 Å². The van der Waals surface area contributed by atoms with Crippen LogP contribution in [0.5, 0.6) is 0 Å². The van der Waals surface area contributed by atoms with E-state index in [2.05, 4.69) is 31.9 Å². The van der Waals surface area contributed by atoms with Crippen molar-refractivity contribution in [3.05, 3.63) is 29.3 Å². The Labute approximate surface area is 135 Å². The molecular weight excluding hydrogens is 292 g/mol. The van der Waals surface area contributed by atoms with E-state index in [1.807, 2.05) is 19.9 Å². The number of hydrogen-bond donors (Lipinski definition) is 0. The molecular formula is C16H22N6O. The number of aromatic nitrogens is 4. The zero-order valence-corrected chi connectivity index (χ0v) is 14.1. The lowest BCUT2D eigenvalue weighted by atomic mass is 10.2. The fourth-order valence-corrected chi connectivity index (χ4v) is 2.83. The monoisotopic (exact) mass is 314 g/mol. The molecule has 0 aromatic carbocycles. The average Bonchev–Trinajstić information content (AvgIpc) is 2.89. The molecule has 0 unspecified atom stereocenters. The van der Waals surface area contributed by atoms with E-state index in [0.717, 1.165) is 37.7 Å². The Morgan fingerprint density at radius 1 is 1.09 bits per heavy atom. The number of likely N-dealkylation sites (N-methyl/N-ethyl adjacent to an activating group) is 1. The number of ketones is 1. The summed E-state index contributed by atoms with van der Waals surface area (Å²) in [6.45, 7) is 9.26. The lowest BCUT2D eigenvalue weighted by Gasteiger charge is -2.33. The molecule has 1 aliphatic rings. The maximum absolute atomic E-state index is 11.6. The molecule has 2 aromatic rings. The Balaban J connectivity index is 1.96. The molecule has 1 fully saturated rings. The first-order chi connectivity index (χ1) is 11.0. The molecule has 3 heterocycles. The minimum Gasteiger partial charge on any atom is -0.354 e. The van der Waals surface area contributed by atoms with Crippen molar-refractivity contribution in [1.29, 1.82) is 0 Å². The predicted molar refractivity (Wildman–Crippen MR) is 88.3 cm³/mol. The van der Waals surface area contributed by atoms with Gasteiger partial charge in [-0.15, -0.1) is 0 Å². The summed E-state index contributed by atoms with van der Waals surface area (Å²) in [4.78, 5) is 25.3. The predicted octanol–water partition coefficient (Wildman–Crippen LogP) is 1.23. The van der Waals surface area contributed by atoms with Crippen molar-refractivity contribution in [2.24, 2.45) is 0 Å². The quantitative estimate of drug-likeness (QED) is 0.794. The first-order valence-corrected chi connectivity index (χ1v) is 7.81. The van der Waals surface area contributed by atoms with Gasteiger partial charge in [-0.2, -0.15) is 5.10 Å². The molecule has 1 aliphatic heterocycles. The Kier molecular flexibility index (Phi) is 4.12. The molecule has 1 saturated heterocycles. The topological polar surface area (TPSA) is 67.2 Å². The molecule has 2 aromatic heterocycles. The number of aryl methyl sites for hydroxylation is 1. The van der Waals surface area contributed by atoms with E-state index in [9.17, 15) is 4.79 Å². The van der Waals surface area contributed by atoms with Gasteiger partial charge in [0.05, 0.1) is 17.5 Å². The highest BCUT2D eigenvalue weighted by Crippen LogP contribution is 2.19. The highest BCUT2D eigenvalue weighted by molar-refractivity contribution is 5.95. The van der Waals surface area contributed by atoms with E-state index >= 15 is 0 Å². The third kappa shape index (κ3) is 3.10. The van der Waals surface area contributed by atoms with Crippen molar-refractivity contribution in [3.63, 3.8) is 0 Å². The molecule has 0 aliphatic carbocycles. The fourth-order valence-electron chi connectivity index (χ4n) is 2.83. The van der Waals surface area contributed by atoms with E-state index in [1.165, 1.54) is 0 Å². The van der Waals surface area contributed by atoms with Crippen LogP contribution in [-0.4, -0.2) is 63.7 Å². The zero-order valence-electron chi connectivity index (χ0n) is 14.1. The maximum Gasteiger partial charge on any atom is 0.163 e. The van der Waals surface area contributed by atoms with Crippen LogP contribution in [0.15, 0.2) is 12.3 Å². The number of Topliss-reactive ketones (excluding diaryl/α,β-unsaturated/α-hetero) is 1. The van der Waals surface area contributed by atoms with Crippen LogP contribution in [-0.2, 0) is 0 Å². The summed E-state index contributed by atoms with van der Waals surface area (Å²) in [6.07, 6.45) is 1.60. The van der Waals surface area contributed by atoms with Gasteiger partial charge in [0.25, 0.3) is 0 Å². The third-order valence-corrected chi connectivity index (χ3v) is 4.24. The Morgan fingerprint density at radius 2 is 1.74 bits per heavy atom. The van der Waals surface area contributed by atoms with E-state index in [1.54, 1.807) is 17.8 Å². The van der Waals surface area contributed by atoms with Crippen LogP contribution in [0.1, 0.15) is 28.8 Å². The average molecular weight is 314 g/mol. The molecule has 0 saturated carbocycles. The van der Waals surface area contributed by atoms with Gasteiger partial charge in [0.1, 0.15) is 11.6 Å². The molecule has 0 amide bonds. The van der Waals surface area contributed by atoms with Gasteiger partial charge in [0.15, 0.2) is 11.6 Å². The first-order valence-electron chi connectivity index (χ1n) is 7.81. The second-order valence-electron chi connectivity index (χ2n) is 6.03. The number of hydrogen-bond acceptors (Lipinski definition) is 6. The lowest BCUT2D eigenvalue weighted by molar-refractivity contribution is 0.101. The minimum absolute atomic E-state index is 0.0128. The van der Waals surface area contributed by atoms with Gasteiger partial charge >= 0.3 is 0 Å². The number of nitrogens with zero attached hydrogens (tertiary/aromatic N) is 6. The normalized spacial score (nSPS) is 15.9. The van der Waals surface area contributed by atoms with E-state index in [4.69, 9.17) is 0 Å².